The number of hydrogen-bond acceptors (Lipinski definition) is 9. The number of halogens is 3. The smallest absolute Gasteiger partial charge is 0.272 e. The van der Waals surface area contributed by atoms with Crippen molar-refractivity contribution in [3.05, 3.63) is 69.0 Å². The van der Waals surface area contributed by atoms with E-state index in [4.69, 9.17) is 39.3 Å². The number of benzene rings is 2. The van der Waals surface area contributed by atoms with Crippen LogP contribution in [0.2, 0.25) is 15.1 Å². The Bertz CT molecular complexity index is 1460. The fraction of sp³-hybridized carbons (Fsp3) is 0.105. The summed E-state index contributed by atoms with van der Waals surface area (Å²) in [6.45, 7) is -0.204. The lowest BCUT2D eigenvalue weighted by Crippen LogP contribution is -2.26. The van der Waals surface area contributed by atoms with E-state index in [9.17, 15) is 13.2 Å². The van der Waals surface area contributed by atoms with Gasteiger partial charge in [0.15, 0.2) is 0 Å². The molecule has 0 atom stereocenters. The average molecular weight is 560 g/mol. The van der Waals surface area contributed by atoms with E-state index in [1.54, 1.807) is 24.3 Å². The zero-order valence-corrected chi connectivity index (χ0v) is 21.0. The van der Waals surface area contributed by atoms with E-state index >= 15 is 0 Å². The summed E-state index contributed by atoms with van der Waals surface area (Å²) in [4.78, 5) is 16.6. The van der Waals surface area contributed by atoms with E-state index in [1.807, 2.05) is 0 Å². The first-order valence-electron chi connectivity index (χ1n) is 9.28. The maximum Gasteiger partial charge on any atom is 0.272 e. The number of hydrogen-bond donors (Lipinski definition) is 1. The third-order valence-corrected chi connectivity index (χ3v) is 8.15. The molecule has 2 aromatic heterocycles. The van der Waals surface area contributed by atoms with E-state index in [0.717, 1.165) is 4.31 Å². The Labute approximate surface area is 212 Å². The molecule has 0 aliphatic carbocycles. The quantitative estimate of drug-likeness (QED) is 0.325. The topological polar surface area (TPSA) is 131 Å². The van der Waals surface area contributed by atoms with Gasteiger partial charge in [-0.1, -0.05) is 51.3 Å². The molecule has 1 N–H and O–H groups in total. The molecule has 10 nitrogen and oxygen atoms in total. The third kappa shape index (κ3) is 5.37. The minimum Gasteiger partial charge on any atom is -0.338 e. The van der Waals surface area contributed by atoms with E-state index in [1.165, 1.54) is 25.2 Å². The molecule has 2 heterocycles. The molecule has 1 amide bonds. The summed E-state index contributed by atoms with van der Waals surface area (Å²) in [6, 6.07) is 11.1. The fourth-order valence-corrected chi connectivity index (χ4v) is 5.47. The van der Waals surface area contributed by atoms with Crippen LogP contribution in [0.1, 0.15) is 16.2 Å². The molecule has 0 bridgehead atoms. The van der Waals surface area contributed by atoms with Gasteiger partial charge in [-0.05, 0) is 42.5 Å². The maximum atomic E-state index is 12.9. The predicted molar refractivity (Wildman–Crippen MR) is 128 cm³/mol. The highest BCUT2D eigenvalue weighted by Gasteiger charge is 2.28. The normalized spacial score (nSPS) is 11.7. The van der Waals surface area contributed by atoms with Crippen LogP contribution < -0.4 is 5.32 Å². The first-order chi connectivity index (χ1) is 16.1. The Morgan fingerprint density at radius 1 is 1.09 bits per heavy atom. The fourth-order valence-electron chi connectivity index (χ4n) is 2.65. The number of amides is 1. The van der Waals surface area contributed by atoms with E-state index < -0.39 is 15.9 Å². The second-order valence-electron chi connectivity index (χ2n) is 6.73. The van der Waals surface area contributed by atoms with Crippen LogP contribution in [0.15, 0.2) is 51.3 Å². The summed E-state index contributed by atoms with van der Waals surface area (Å²) in [5, 5.41) is 14.8. The number of nitrogens with one attached hydrogen (secondary N) is 1. The molecule has 0 aliphatic heterocycles. The molecule has 34 heavy (non-hydrogen) atoms. The number of aromatic nitrogens is 4. The Kier molecular flexibility index (Phi) is 7.17. The Hall–Kier alpha value is -2.61. The molecule has 15 heteroatoms. The summed E-state index contributed by atoms with van der Waals surface area (Å²) in [5.74, 6) is -0.221. The lowest BCUT2D eigenvalue weighted by Gasteiger charge is -2.11. The number of anilines is 1. The van der Waals surface area contributed by atoms with Gasteiger partial charge in [-0.25, -0.2) is 8.42 Å². The van der Waals surface area contributed by atoms with Crippen molar-refractivity contribution in [2.75, 3.05) is 12.4 Å². The molecular formula is C19H13Cl3N6O4S2. The zero-order valence-electron chi connectivity index (χ0n) is 17.1. The summed E-state index contributed by atoms with van der Waals surface area (Å²) < 4.78 is 31.6. The number of carbonyl (C=O) groups excluding carboxylic acids is 1. The molecule has 0 fully saturated rings. The van der Waals surface area contributed by atoms with Gasteiger partial charge >= 0.3 is 0 Å². The van der Waals surface area contributed by atoms with Crippen molar-refractivity contribution in [1.82, 2.24) is 24.6 Å². The van der Waals surface area contributed by atoms with Gasteiger partial charge in [-0.3, -0.25) is 10.1 Å². The Morgan fingerprint density at radius 2 is 1.79 bits per heavy atom. The van der Waals surface area contributed by atoms with Crippen molar-refractivity contribution in [3.63, 3.8) is 0 Å². The van der Waals surface area contributed by atoms with Gasteiger partial charge in [-0.2, -0.15) is 9.29 Å². The number of nitrogens with zero attached hydrogens (tertiary/aromatic N) is 5. The molecule has 0 spiro atoms. The van der Waals surface area contributed by atoms with Gasteiger partial charge in [0.1, 0.15) is 0 Å². The van der Waals surface area contributed by atoms with E-state index in [2.05, 4.69) is 25.7 Å². The SMILES string of the molecule is CN(Cc1nc(-c2ccc(Cl)cc2)no1)S(=O)(=O)c1nnc(NC(=O)c2ccc(Cl)cc2Cl)s1. The highest BCUT2D eigenvalue weighted by molar-refractivity contribution is 7.91. The van der Waals surface area contributed by atoms with Gasteiger partial charge in [0.05, 0.1) is 17.1 Å². The summed E-state index contributed by atoms with van der Waals surface area (Å²) in [7, 11) is -2.73. The maximum absolute atomic E-state index is 12.9. The molecule has 0 saturated carbocycles. The first-order valence-corrected chi connectivity index (χ1v) is 12.7. The van der Waals surface area contributed by atoms with Gasteiger partial charge in [0.2, 0.25) is 21.2 Å². The molecule has 0 unspecified atom stereocenters. The van der Waals surface area contributed by atoms with Crippen molar-refractivity contribution >= 4 is 67.2 Å². The minimum absolute atomic E-state index is 0.0224. The van der Waals surface area contributed by atoms with Crippen LogP contribution in [-0.2, 0) is 16.6 Å². The highest BCUT2D eigenvalue weighted by Crippen LogP contribution is 2.26. The van der Waals surface area contributed by atoms with Gasteiger partial charge in [0, 0.05) is 22.7 Å². The molecule has 2 aromatic carbocycles. The van der Waals surface area contributed by atoms with Crippen LogP contribution in [0.25, 0.3) is 11.4 Å². The molecule has 0 radical (unpaired) electrons. The largest absolute Gasteiger partial charge is 0.338 e. The second kappa shape index (κ2) is 9.94. The average Bonchev–Trinajstić information content (AvgIpc) is 3.44. The van der Waals surface area contributed by atoms with Crippen molar-refractivity contribution in [3.8, 4) is 11.4 Å². The number of sulfonamides is 1. The predicted octanol–water partition coefficient (Wildman–Crippen LogP) is 4.62. The minimum atomic E-state index is -4.05. The van der Waals surface area contributed by atoms with Crippen LogP contribution in [-0.4, -0.2) is 46.0 Å². The van der Waals surface area contributed by atoms with Crippen LogP contribution >= 0.6 is 46.1 Å². The lowest BCUT2D eigenvalue weighted by atomic mass is 10.2. The van der Waals surface area contributed by atoms with E-state index in [-0.39, 0.29) is 32.5 Å². The number of carbonyl (C=O) groups is 1. The number of rotatable bonds is 7. The van der Waals surface area contributed by atoms with Gasteiger partial charge in [0.25, 0.3) is 15.9 Å². The van der Waals surface area contributed by atoms with Crippen LogP contribution in [0.3, 0.4) is 0 Å². The van der Waals surface area contributed by atoms with Crippen molar-refractivity contribution in [1.29, 1.82) is 0 Å². The molecule has 0 saturated heterocycles. The van der Waals surface area contributed by atoms with Crippen LogP contribution in [0.4, 0.5) is 5.13 Å². The summed E-state index contributed by atoms with van der Waals surface area (Å²) >= 11 is 18.4. The molecule has 4 rings (SSSR count). The summed E-state index contributed by atoms with van der Waals surface area (Å²) in [5.41, 5.74) is 0.811. The molecule has 4 aromatic rings. The summed E-state index contributed by atoms with van der Waals surface area (Å²) in [6.07, 6.45) is 0. The molecule has 0 aliphatic rings. The van der Waals surface area contributed by atoms with Crippen molar-refractivity contribution in [2.24, 2.45) is 0 Å². The zero-order chi connectivity index (χ0) is 24.5. The van der Waals surface area contributed by atoms with Crippen molar-refractivity contribution < 1.29 is 17.7 Å². The van der Waals surface area contributed by atoms with Crippen molar-refractivity contribution in [2.45, 2.75) is 10.9 Å². The first kappa shape index (κ1) is 24.5. The van der Waals surface area contributed by atoms with Crippen LogP contribution in [0.5, 0.6) is 0 Å². The van der Waals surface area contributed by atoms with Gasteiger partial charge < -0.3 is 4.52 Å². The van der Waals surface area contributed by atoms with Gasteiger partial charge in [-0.15, -0.1) is 10.2 Å². The Morgan fingerprint density at radius 3 is 2.50 bits per heavy atom. The highest BCUT2D eigenvalue weighted by atomic mass is 35.5. The molecule has 176 valence electrons. The second-order valence-corrected chi connectivity index (χ2v) is 11.2. The van der Waals surface area contributed by atoms with E-state index in [0.29, 0.717) is 32.8 Å². The Balaban J connectivity index is 1.45. The monoisotopic (exact) mass is 558 g/mol. The standard InChI is InChI=1S/C19H13Cl3N6O4S2/c1-28(9-15-23-16(27-32-15)10-2-4-11(20)5-3-10)34(30,31)19-26-25-18(33-19)24-17(29)13-7-6-12(21)8-14(13)22/h2-8H,9H2,1H3,(H,24,25,29). The molecular weight excluding hydrogens is 547 g/mol. The van der Waals surface area contributed by atoms with Crippen LogP contribution in [0, 0.1) is 0 Å². The lowest BCUT2D eigenvalue weighted by molar-refractivity contribution is 0.102. The third-order valence-electron chi connectivity index (χ3n) is 4.36.